The molecule has 1 aliphatic rings. The fraction of sp³-hybridized carbons (Fsp3) is 0.692. The highest BCUT2D eigenvalue weighted by atomic mass is 32.1. The number of piperidine rings is 1. The fourth-order valence-corrected chi connectivity index (χ4v) is 3.31. The lowest BCUT2D eigenvalue weighted by molar-refractivity contribution is 0.0980. The van der Waals surface area contributed by atoms with E-state index in [-0.39, 0.29) is 0 Å². The van der Waals surface area contributed by atoms with Gasteiger partial charge in [-0.05, 0) is 60.7 Å². The van der Waals surface area contributed by atoms with Crippen LogP contribution in [0.4, 0.5) is 0 Å². The second-order valence-corrected chi connectivity index (χ2v) is 5.77. The van der Waals surface area contributed by atoms with Crippen LogP contribution in [0.2, 0.25) is 0 Å². The predicted molar refractivity (Wildman–Crippen MR) is 70.6 cm³/mol. The minimum absolute atomic E-state index is 0.549. The van der Waals surface area contributed by atoms with Gasteiger partial charge in [0, 0.05) is 12.6 Å². The van der Waals surface area contributed by atoms with E-state index < -0.39 is 0 Å². The maximum atomic E-state index is 5.85. The van der Waals surface area contributed by atoms with Gasteiger partial charge in [-0.1, -0.05) is 6.92 Å². The third kappa shape index (κ3) is 2.47. The Balaban J connectivity index is 2.00. The van der Waals surface area contributed by atoms with Gasteiger partial charge in [0.15, 0.2) is 0 Å². The third-order valence-corrected chi connectivity index (χ3v) is 4.72. The Morgan fingerprint density at radius 1 is 1.62 bits per heavy atom. The van der Waals surface area contributed by atoms with E-state index in [0.29, 0.717) is 12.0 Å². The molecule has 0 radical (unpaired) electrons. The number of hydrogen-bond acceptors (Lipinski definition) is 3. The summed E-state index contributed by atoms with van der Waals surface area (Å²) in [5, 5.41) is 4.43. The van der Waals surface area contributed by atoms with Crippen LogP contribution in [0.5, 0.6) is 0 Å². The summed E-state index contributed by atoms with van der Waals surface area (Å²) in [6, 6.07) is 2.79. The van der Waals surface area contributed by atoms with Gasteiger partial charge in [-0.15, -0.1) is 0 Å². The summed E-state index contributed by atoms with van der Waals surface area (Å²) >= 11 is 1.79. The molecular weight excluding hydrogens is 216 g/mol. The molecule has 16 heavy (non-hydrogen) atoms. The van der Waals surface area contributed by atoms with E-state index in [4.69, 9.17) is 5.73 Å². The van der Waals surface area contributed by atoms with E-state index in [9.17, 15) is 0 Å². The highest BCUT2D eigenvalue weighted by Gasteiger charge is 2.28. The van der Waals surface area contributed by atoms with Crippen LogP contribution >= 0.6 is 11.3 Å². The summed E-state index contributed by atoms with van der Waals surface area (Å²) in [4.78, 5) is 2.58. The molecule has 90 valence electrons. The Morgan fingerprint density at radius 2 is 2.44 bits per heavy atom. The molecule has 0 bridgehead atoms. The Morgan fingerprint density at radius 3 is 3.06 bits per heavy atom. The van der Waals surface area contributed by atoms with Gasteiger partial charge in [0.25, 0.3) is 0 Å². The molecule has 1 aliphatic heterocycles. The minimum atomic E-state index is 0.549. The van der Waals surface area contributed by atoms with Crippen LogP contribution in [-0.2, 0) is 0 Å². The first kappa shape index (κ1) is 12.1. The van der Waals surface area contributed by atoms with Gasteiger partial charge in [-0.25, -0.2) is 0 Å². The van der Waals surface area contributed by atoms with Gasteiger partial charge in [0.1, 0.15) is 0 Å². The van der Waals surface area contributed by atoms with Crippen molar-refractivity contribution in [3.8, 4) is 0 Å². The monoisotopic (exact) mass is 238 g/mol. The lowest BCUT2D eigenvalue weighted by Gasteiger charge is -2.39. The maximum Gasteiger partial charge on any atom is 0.0328 e. The molecule has 3 heteroatoms. The molecule has 0 saturated carbocycles. The molecule has 1 aromatic heterocycles. The smallest absolute Gasteiger partial charge is 0.0328 e. The van der Waals surface area contributed by atoms with Crippen molar-refractivity contribution < 1.29 is 0 Å². The van der Waals surface area contributed by atoms with Crippen LogP contribution in [0.15, 0.2) is 16.8 Å². The highest BCUT2D eigenvalue weighted by Crippen LogP contribution is 2.30. The molecule has 2 heterocycles. The molecular formula is C13H22N2S. The Bertz CT molecular complexity index is 310. The zero-order valence-electron chi connectivity index (χ0n) is 10.2. The average Bonchev–Trinajstić information content (AvgIpc) is 2.82. The lowest BCUT2D eigenvalue weighted by atomic mass is 9.86. The van der Waals surface area contributed by atoms with E-state index in [0.717, 1.165) is 19.0 Å². The van der Waals surface area contributed by atoms with Crippen LogP contribution in [0.1, 0.15) is 31.9 Å². The molecule has 2 rings (SSSR count). The largest absolute Gasteiger partial charge is 0.330 e. The first-order valence-corrected chi connectivity index (χ1v) is 7.13. The molecule has 3 unspecified atom stereocenters. The number of rotatable bonds is 3. The Labute approximate surface area is 102 Å². The molecule has 0 aromatic carbocycles. The summed E-state index contributed by atoms with van der Waals surface area (Å²) in [5.41, 5.74) is 7.30. The van der Waals surface area contributed by atoms with Crippen molar-refractivity contribution in [1.29, 1.82) is 0 Å². The Hall–Kier alpha value is -0.380. The number of hydrogen-bond donors (Lipinski definition) is 1. The Kier molecular flexibility index (Phi) is 4.00. The maximum absolute atomic E-state index is 5.85. The average molecular weight is 238 g/mol. The quantitative estimate of drug-likeness (QED) is 0.877. The third-order valence-electron chi connectivity index (χ3n) is 4.02. The summed E-state index contributed by atoms with van der Waals surface area (Å²) in [6.45, 7) is 7.85. The summed E-state index contributed by atoms with van der Waals surface area (Å²) in [6.07, 6.45) is 1.29. The molecule has 3 atom stereocenters. The minimum Gasteiger partial charge on any atom is -0.330 e. The first-order valence-electron chi connectivity index (χ1n) is 6.18. The van der Waals surface area contributed by atoms with E-state index in [1.807, 2.05) is 0 Å². The van der Waals surface area contributed by atoms with E-state index in [1.165, 1.54) is 18.5 Å². The van der Waals surface area contributed by atoms with E-state index in [1.54, 1.807) is 11.3 Å². The molecule has 0 amide bonds. The normalized spacial score (nSPS) is 29.2. The van der Waals surface area contributed by atoms with Gasteiger partial charge in [-0.2, -0.15) is 11.3 Å². The van der Waals surface area contributed by atoms with Crippen molar-refractivity contribution in [1.82, 2.24) is 4.90 Å². The van der Waals surface area contributed by atoms with Crippen molar-refractivity contribution in [2.24, 2.45) is 17.6 Å². The number of likely N-dealkylation sites (tertiary alicyclic amines) is 1. The number of nitrogens with zero attached hydrogens (tertiary/aromatic N) is 1. The van der Waals surface area contributed by atoms with Gasteiger partial charge >= 0.3 is 0 Å². The molecule has 2 nitrogen and oxygen atoms in total. The second kappa shape index (κ2) is 5.30. The topological polar surface area (TPSA) is 29.3 Å². The summed E-state index contributed by atoms with van der Waals surface area (Å²) < 4.78 is 0. The fourth-order valence-electron chi connectivity index (χ4n) is 2.56. The molecule has 1 saturated heterocycles. The summed E-state index contributed by atoms with van der Waals surface area (Å²) in [5.74, 6) is 1.46. The first-order chi connectivity index (χ1) is 7.72. The molecule has 1 fully saturated rings. The SMILES string of the molecule is CC1CCN(C(C)c2ccsc2)CC1CN. The molecule has 0 spiro atoms. The highest BCUT2D eigenvalue weighted by molar-refractivity contribution is 7.07. The van der Waals surface area contributed by atoms with Crippen molar-refractivity contribution in [3.63, 3.8) is 0 Å². The van der Waals surface area contributed by atoms with Gasteiger partial charge in [0.2, 0.25) is 0 Å². The molecule has 0 aliphatic carbocycles. The van der Waals surface area contributed by atoms with Crippen LogP contribution in [-0.4, -0.2) is 24.5 Å². The van der Waals surface area contributed by atoms with Crippen molar-refractivity contribution in [2.45, 2.75) is 26.3 Å². The molecule has 2 N–H and O–H groups in total. The van der Waals surface area contributed by atoms with Crippen LogP contribution in [0, 0.1) is 11.8 Å². The van der Waals surface area contributed by atoms with Crippen LogP contribution < -0.4 is 5.73 Å². The number of thiophene rings is 1. The molecule has 1 aromatic rings. The van der Waals surface area contributed by atoms with Crippen LogP contribution in [0.3, 0.4) is 0 Å². The van der Waals surface area contributed by atoms with Crippen molar-refractivity contribution >= 4 is 11.3 Å². The summed E-state index contributed by atoms with van der Waals surface area (Å²) in [7, 11) is 0. The predicted octanol–water partition coefficient (Wildman–Crippen LogP) is 2.73. The van der Waals surface area contributed by atoms with E-state index >= 15 is 0 Å². The second-order valence-electron chi connectivity index (χ2n) is 4.99. The van der Waals surface area contributed by atoms with Crippen LogP contribution in [0.25, 0.3) is 0 Å². The van der Waals surface area contributed by atoms with Gasteiger partial charge in [0.05, 0.1) is 0 Å². The van der Waals surface area contributed by atoms with Gasteiger partial charge in [-0.3, -0.25) is 4.90 Å². The lowest BCUT2D eigenvalue weighted by Crippen LogP contribution is -2.43. The zero-order chi connectivity index (χ0) is 11.5. The van der Waals surface area contributed by atoms with Crippen molar-refractivity contribution in [3.05, 3.63) is 22.4 Å². The van der Waals surface area contributed by atoms with Gasteiger partial charge < -0.3 is 5.73 Å². The zero-order valence-corrected chi connectivity index (χ0v) is 11.0. The van der Waals surface area contributed by atoms with Crippen molar-refractivity contribution in [2.75, 3.05) is 19.6 Å². The standard InChI is InChI=1S/C13H22N2S/c1-10-3-5-15(8-13(10)7-14)11(2)12-4-6-16-9-12/h4,6,9-11,13H,3,5,7-8,14H2,1-2H3. The van der Waals surface area contributed by atoms with E-state index in [2.05, 4.69) is 35.6 Å². The number of nitrogens with two attached hydrogens (primary N) is 1.